The van der Waals surface area contributed by atoms with E-state index >= 15 is 0 Å². The van der Waals surface area contributed by atoms with Crippen LogP contribution in [0.4, 0.5) is 5.69 Å². The average Bonchev–Trinajstić information content (AvgIpc) is 2.79. The Bertz CT molecular complexity index is 1100. The molecule has 2 heterocycles. The number of carbonyl (C=O) groups is 1. The number of methoxy groups -OCH3 is 1. The number of hydrogen-bond donors (Lipinski definition) is 0. The van der Waals surface area contributed by atoms with Crippen LogP contribution >= 0.6 is 0 Å². The molecule has 4 rings (SSSR count). The number of ether oxygens (including phenoxy) is 2. The number of hydrogen-bond acceptors (Lipinski definition) is 5. The number of benzene rings is 2. The van der Waals surface area contributed by atoms with Gasteiger partial charge >= 0.3 is 0 Å². The van der Waals surface area contributed by atoms with Crippen LogP contribution in [-0.2, 0) is 4.79 Å². The zero-order chi connectivity index (χ0) is 22.0. The highest BCUT2D eigenvalue weighted by Crippen LogP contribution is 2.34. The lowest BCUT2D eigenvalue weighted by Gasteiger charge is -2.35. The van der Waals surface area contributed by atoms with Crippen molar-refractivity contribution in [3.8, 4) is 22.8 Å². The Morgan fingerprint density at radius 2 is 1.81 bits per heavy atom. The van der Waals surface area contributed by atoms with Crippen molar-refractivity contribution in [2.24, 2.45) is 0 Å². The van der Waals surface area contributed by atoms with Gasteiger partial charge in [-0.15, -0.1) is 0 Å². The lowest BCUT2D eigenvalue weighted by atomic mass is 10.0. The SMILES string of the molecule is CCOc1ccc(-c2cc(C)c3cc(N4CCN(C(C)=O)CC4)ccc3n2)cc1OC. The van der Waals surface area contributed by atoms with Crippen LogP contribution in [0.2, 0.25) is 0 Å². The fourth-order valence-electron chi connectivity index (χ4n) is 4.11. The van der Waals surface area contributed by atoms with Crippen LogP contribution in [0.5, 0.6) is 11.5 Å². The van der Waals surface area contributed by atoms with Crippen LogP contribution in [0.1, 0.15) is 19.4 Å². The van der Waals surface area contributed by atoms with Crippen LogP contribution in [0, 0.1) is 6.92 Å². The van der Waals surface area contributed by atoms with Gasteiger partial charge in [0, 0.05) is 49.7 Å². The van der Waals surface area contributed by atoms with E-state index in [-0.39, 0.29) is 5.91 Å². The van der Waals surface area contributed by atoms with Crippen LogP contribution in [0.15, 0.2) is 42.5 Å². The lowest BCUT2D eigenvalue weighted by Crippen LogP contribution is -2.48. The largest absolute Gasteiger partial charge is 0.493 e. The molecule has 3 aromatic rings. The van der Waals surface area contributed by atoms with E-state index in [9.17, 15) is 4.79 Å². The molecule has 162 valence electrons. The number of nitrogens with zero attached hydrogens (tertiary/aromatic N) is 3. The Hall–Kier alpha value is -3.28. The fraction of sp³-hybridized carbons (Fsp3) is 0.360. The zero-order valence-corrected chi connectivity index (χ0v) is 18.6. The molecule has 2 aromatic carbocycles. The minimum Gasteiger partial charge on any atom is -0.493 e. The first-order valence-corrected chi connectivity index (χ1v) is 10.7. The molecule has 0 bridgehead atoms. The molecule has 0 atom stereocenters. The molecule has 1 fully saturated rings. The highest BCUT2D eigenvalue weighted by atomic mass is 16.5. The number of amides is 1. The second-order valence-electron chi connectivity index (χ2n) is 7.82. The molecular weight excluding hydrogens is 390 g/mol. The maximum absolute atomic E-state index is 11.6. The molecule has 0 spiro atoms. The quantitative estimate of drug-likeness (QED) is 0.618. The minimum atomic E-state index is 0.150. The van der Waals surface area contributed by atoms with Gasteiger partial charge in [0.2, 0.25) is 5.91 Å². The molecule has 1 amide bonds. The van der Waals surface area contributed by atoms with Gasteiger partial charge in [0.15, 0.2) is 11.5 Å². The Kier molecular flexibility index (Phi) is 5.98. The first-order valence-electron chi connectivity index (χ1n) is 10.7. The van der Waals surface area contributed by atoms with Crippen molar-refractivity contribution in [2.45, 2.75) is 20.8 Å². The molecule has 1 aliphatic rings. The van der Waals surface area contributed by atoms with E-state index in [0.29, 0.717) is 12.4 Å². The number of piperazine rings is 1. The summed E-state index contributed by atoms with van der Waals surface area (Å²) >= 11 is 0. The Morgan fingerprint density at radius 3 is 2.48 bits per heavy atom. The van der Waals surface area contributed by atoms with Crippen molar-refractivity contribution in [1.29, 1.82) is 0 Å². The lowest BCUT2D eigenvalue weighted by molar-refractivity contribution is -0.129. The van der Waals surface area contributed by atoms with E-state index in [0.717, 1.165) is 54.1 Å². The molecule has 0 N–H and O–H groups in total. The summed E-state index contributed by atoms with van der Waals surface area (Å²) in [5.41, 5.74) is 5.23. The van der Waals surface area contributed by atoms with Crippen LogP contribution in [-0.4, -0.2) is 55.7 Å². The van der Waals surface area contributed by atoms with Gasteiger partial charge in [-0.05, 0) is 61.9 Å². The molecule has 1 aliphatic heterocycles. The normalized spacial score (nSPS) is 14.1. The molecule has 1 saturated heterocycles. The van der Waals surface area contributed by atoms with E-state index < -0.39 is 0 Å². The van der Waals surface area contributed by atoms with Crippen molar-refractivity contribution in [3.05, 3.63) is 48.0 Å². The third-order valence-electron chi connectivity index (χ3n) is 5.85. The molecule has 0 radical (unpaired) electrons. The van der Waals surface area contributed by atoms with Crippen LogP contribution in [0.25, 0.3) is 22.2 Å². The average molecular weight is 420 g/mol. The first kappa shape index (κ1) is 21.0. The number of rotatable bonds is 5. The Balaban J connectivity index is 1.63. The van der Waals surface area contributed by atoms with Gasteiger partial charge in [-0.1, -0.05) is 0 Å². The van der Waals surface area contributed by atoms with Crippen LogP contribution < -0.4 is 14.4 Å². The highest BCUT2D eigenvalue weighted by Gasteiger charge is 2.19. The number of aryl methyl sites for hydroxylation is 1. The predicted octanol–water partition coefficient (Wildman–Crippen LogP) is 4.29. The number of anilines is 1. The van der Waals surface area contributed by atoms with Crippen LogP contribution in [0.3, 0.4) is 0 Å². The molecule has 0 aliphatic carbocycles. The van der Waals surface area contributed by atoms with E-state index in [4.69, 9.17) is 14.5 Å². The van der Waals surface area contributed by atoms with E-state index in [1.54, 1.807) is 14.0 Å². The van der Waals surface area contributed by atoms with Gasteiger partial charge in [-0.3, -0.25) is 4.79 Å². The summed E-state index contributed by atoms with van der Waals surface area (Å²) in [6.07, 6.45) is 0. The predicted molar refractivity (Wildman–Crippen MR) is 124 cm³/mol. The summed E-state index contributed by atoms with van der Waals surface area (Å²) in [4.78, 5) is 20.7. The van der Waals surface area contributed by atoms with Gasteiger partial charge in [0.05, 0.1) is 24.9 Å². The van der Waals surface area contributed by atoms with Gasteiger partial charge in [-0.25, -0.2) is 4.98 Å². The van der Waals surface area contributed by atoms with Crippen molar-refractivity contribution in [3.63, 3.8) is 0 Å². The smallest absolute Gasteiger partial charge is 0.219 e. The summed E-state index contributed by atoms with van der Waals surface area (Å²) in [6, 6.07) is 14.5. The second kappa shape index (κ2) is 8.84. The van der Waals surface area contributed by atoms with Gasteiger partial charge < -0.3 is 19.3 Å². The maximum atomic E-state index is 11.6. The van der Waals surface area contributed by atoms with Gasteiger partial charge in [0.25, 0.3) is 0 Å². The summed E-state index contributed by atoms with van der Waals surface area (Å²) < 4.78 is 11.1. The third-order valence-corrected chi connectivity index (χ3v) is 5.85. The second-order valence-corrected chi connectivity index (χ2v) is 7.82. The molecule has 1 aromatic heterocycles. The van der Waals surface area contributed by atoms with E-state index in [1.165, 1.54) is 11.3 Å². The fourth-order valence-corrected chi connectivity index (χ4v) is 4.11. The standard InChI is InChI=1S/C25H29N3O3/c1-5-31-24-9-6-19(15-25(24)30-4)23-14-17(2)21-16-20(7-8-22(21)26-23)28-12-10-27(11-13-28)18(3)29/h6-9,14-16H,5,10-13H2,1-4H3. The first-order chi connectivity index (χ1) is 15.0. The maximum Gasteiger partial charge on any atom is 0.219 e. The zero-order valence-electron chi connectivity index (χ0n) is 18.6. The molecule has 31 heavy (non-hydrogen) atoms. The summed E-state index contributed by atoms with van der Waals surface area (Å²) in [7, 11) is 1.65. The summed E-state index contributed by atoms with van der Waals surface area (Å²) in [5, 5.41) is 1.15. The number of pyridine rings is 1. The Labute approximate surface area is 183 Å². The van der Waals surface area contributed by atoms with Crippen molar-refractivity contribution in [1.82, 2.24) is 9.88 Å². The summed E-state index contributed by atoms with van der Waals surface area (Å²) in [6.45, 7) is 9.54. The molecular formula is C25H29N3O3. The molecule has 6 nitrogen and oxygen atoms in total. The topological polar surface area (TPSA) is 54.9 Å². The highest BCUT2D eigenvalue weighted by molar-refractivity contribution is 5.88. The van der Waals surface area contributed by atoms with Crippen molar-refractivity contribution in [2.75, 3.05) is 44.8 Å². The van der Waals surface area contributed by atoms with Crippen molar-refractivity contribution >= 4 is 22.5 Å². The monoisotopic (exact) mass is 419 g/mol. The third kappa shape index (κ3) is 4.29. The molecule has 0 saturated carbocycles. The number of aromatic nitrogens is 1. The van der Waals surface area contributed by atoms with Crippen molar-refractivity contribution < 1.29 is 14.3 Å². The van der Waals surface area contributed by atoms with Gasteiger partial charge in [0.1, 0.15) is 0 Å². The number of fused-ring (bicyclic) bond motifs is 1. The summed E-state index contributed by atoms with van der Waals surface area (Å²) in [5.74, 6) is 1.59. The van der Waals surface area contributed by atoms with Gasteiger partial charge in [-0.2, -0.15) is 0 Å². The Morgan fingerprint density at radius 1 is 1.03 bits per heavy atom. The van der Waals surface area contributed by atoms with E-state index in [2.05, 4.69) is 36.1 Å². The van der Waals surface area contributed by atoms with E-state index in [1.807, 2.05) is 30.0 Å². The molecule has 0 unspecified atom stereocenters. The number of carbonyl (C=O) groups excluding carboxylic acids is 1. The molecule has 6 heteroatoms. The minimum absolute atomic E-state index is 0.150.